The molecule has 0 atom stereocenters. The van der Waals surface area contributed by atoms with Crippen molar-refractivity contribution in [2.45, 2.75) is 25.4 Å². The van der Waals surface area contributed by atoms with Crippen LogP contribution < -0.4 is 10.2 Å². The Balaban J connectivity index is 1.87. The highest BCUT2D eigenvalue weighted by Crippen LogP contribution is 2.37. The first kappa shape index (κ1) is 12.9. The van der Waals surface area contributed by atoms with E-state index in [0.29, 0.717) is 6.54 Å². The summed E-state index contributed by atoms with van der Waals surface area (Å²) in [6, 6.07) is 6.01. The number of carbonyl (C=O) groups is 1. The van der Waals surface area contributed by atoms with Crippen LogP contribution in [0.1, 0.15) is 18.4 Å². The summed E-state index contributed by atoms with van der Waals surface area (Å²) in [5.41, 5.74) is 1.76. The largest absolute Gasteiger partial charge is 0.441 e. The maximum Gasteiger partial charge on any atom is 0.415 e. The predicted octanol–water partition coefficient (Wildman–Crippen LogP) is 2.84. The van der Waals surface area contributed by atoms with Crippen molar-refractivity contribution in [1.29, 1.82) is 0 Å². The van der Waals surface area contributed by atoms with E-state index in [0.717, 1.165) is 36.1 Å². The third kappa shape index (κ3) is 2.37. The Kier molecular flexibility index (Phi) is 3.27. The number of carbonyl (C=O) groups excluding carboxylic acids is 1. The number of ether oxygens (including phenoxy) is 1. The molecule has 0 aliphatic carbocycles. The maximum absolute atomic E-state index is 12.1. The topological polar surface area (TPSA) is 41.6 Å². The number of aryl methyl sites for hydroxylation is 1. The van der Waals surface area contributed by atoms with Gasteiger partial charge < -0.3 is 10.1 Å². The standard InChI is InChI=1S/C14H17BrN2O2/c1-10-2-3-12(11(15)8-10)17-9-14(19-13(17)18)4-6-16-7-5-14/h2-3,8,16H,4-7,9H2,1H3. The van der Waals surface area contributed by atoms with Gasteiger partial charge >= 0.3 is 6.09 Å². The molecule has 0 bridgehead atoms. The predicted molar refractivity (Wildman–Crippen MR) is 77.5 cm³/mol. The summed E-state index contributed by atoms with van der Waals surface area (Å²) in [7, 11) is 0. The SMILES string of the molecule is Cc1ccc(N2CC3(CCNCC3)OC2=O)c(Br)c1. The van der Waals surface area contributed by atoms with Crippen molar-refractivity contribution in [2.24, 2.45) is 0 Å². The molecule has 1 amide bonds. The number of amides is 1. The molecule has 2 saturated heterocycles. The molecule has 3 rings (SSSR count). The number of hydrogen-bond donors (Lipinski definition) is 1. The Morgan fingerprint density at radius 1 is 1.37 bits per heavy atom. The molecular formula is C14H17BrN2O2. The van der Waals surface area contributed by atoms with Crippen molar-refractivity contribution in [1.82, 2.24) is 5.32 Å². The van der Waals surface area contributed by atoms with E-state index in [-0.39, 0.29) is 11.7 Å². The fourth-order valence-electron chi connectivity index (χ4n) is 2.78. The third-order valence-corrected chi connectivity index (χ3v) is 4.51. The summed E-state index contributed by atoms with van der Waals surface area (Å²) in [5, 5.41) is 3.31. The minimum Gasteiger partial charge on any atom is -0.441 e. The summed E-state index contributed by atoms with van der Waals surface area (Å²) < 4.78 is 6.61. The van der Waals surface area contributed by atoms with Crippen LogP contribution in [0.3, 0.4) is 0 Å². The van der Waals surface area contributed by atoms with E-state index in [4.69, 9.17) is 4.74 Å². The molecule has 1 N–H and O–H groups in total. The zero-order chi connectivity index (χ0) is 13.5. The number of nitrogens with zero attached hydrogens (tertiary/aromatic N) is 1. The van der Waals surface area contributed by atoms with E-state index in [1.165, 1.54) is 5.56 Å². The molecule has 5 heteroatoms. The second-order valence-corrected chi connectivity index (χ2v) is 6.20. The van der Waals surface area contributed by atoms with Crippen molar-refractivity contribution >= 4 is 27.7 Å². The Labute approximate surface area is 121 Å². The molecule has 2 aliphatic heterocycles. The van der Waals surface area contributed by atoms with Crippen molar-refractivity contribution in [3.8, 4) is 0 Å². The number of hydrogen-bond acceptors (Lipinski definition) is 3. The van der Waals surface area contributed by atoms with Crippen LogP contribution in [0.2, 0.25) is 0 Å². The fraction of sp³-hybridized carbons (Fsp3) is 0.500. The molecule has 2 aliphatic rings. The Morgan fingerprint density at radius 3 is 2.79 bits per heavy atom. The number of nitrogens with one attached hydrogen (secondary N) is 1. The van der Waals surface area contributed by atoms with Crippen molar-refractivity contribution in [3.63, 3.8) is 0 Å². The van der Waals surface area contributed by atoms with Crippen LogP contribution in [0.5, 0.6) is 0 Å². The van der Waals surface area contributed by atoms with Gasteiger partial charge in [0, 0.05) is 17.3 Å². The van der Waals surface area contributed by atoms with Crippen molar-refractivity contribution < 1.29 is 9.53 Å². The molecule has 0 radical (unpaired) electrons. The van der Waals surface area contributed by atoms with Crippen LogP contribution in [0.15, 0.2) is 22.7 Å². The quantitative estimate of drug-likeness (QED) is 0.863. The first-order chi connectivity index (χ1) is 9.10. The van der Waals surface area contributed by atoms with Gasteiger partial charge in [0.25, 0.3) is 0 Å². The lowest BCUT2D eigenvalue weighted by molar-refractivity contribution is 0.0316. The highest BCUT2D eigenvalue weighted by molar-refractivity contribution is 9.10. The van der Waals surface area contributed by atoms with E-state index in [2.05, 4.69) is 21.2 Å². The third-order valence-electron chi connectivity index (χ3n) is 3.88. The second-order valence-electron chi connectivity index (χ2n) is 5.34. The van der Waals surface area contributed by atoms with Gasteiger partial charge in [-0.15, -0.1) is 0 Å². The van der Waals surface area contributed by atoms with Gasteiger partial charge in [0.1, 0.15) is 5.60 Å². The monoisotopic (exact) mass is 324 g/mol. The second kappa shape index (κ2) is 4.80. The van der Waals surface area contributed by atoms with E-state index in [9.17, 15) is 4.79 Å². The van der Waals surface area contributed by atoms with Gasteiger partial charge in [-0.05, 0) is 53.6 Å². The first-order valence-corrected chi connectivity index (χ1v) is 7.36. The number of benzene rings is 1. The lowest BCUT2D eigenvalue weighted by Crippen LogP contribution is -2.44. The van der Waals surface area contributed by atoms with Gasteiger partial charge in [0.05, 0.1) is 12.2 Å². The highest BCUT2D eigenvalue weighted by Gasteiger charge is 2.46. The molecule has 2 heterocycles. The van der Waals surface area contributed by atoms with Crippen LogP contribution in [0.4, 0.5) is 10.5 Å². The van der Waals surface area contributed by atoms with E-state index in [1.807, 2.05) is 25.1 Å². The molecular weight excluding hydrogens is 308 g/mol. The number of piperidine rings is 1. The average Bonchev–Trinajstić information content (AvgIpc) is 2.67. The van der Waals surface area contributed by atoms with Crippen molar-refractivity contribution in [2.75, 3.05) is 24.5 Å². The molecule has 0 saturated carbocycles. The zero-order valence-corrected chi connectivity index (χ0v) is 12.5. The van der Waals surface area contributed by atoms with Gasteiger partial charge in [-0.1, -0.05) is 6.07 Å². The minimum absolute atomic E-state index is 0.230. The molecule has 0 aromatic heterocycles. The van der Waals surface area contributed by atoms with E-state index < -0.39 is 0 Å². The lowest BCUT2D eigenvalue weighted by atomic mass is 9.92. The lowest BCUT2D eigenvalue weighted by Gasteiger charge is -2.31. The number of rotatable bonds is 1. The highest BCUT2D eigenvalue weighted by atomic mass is 79.9. The van der Waals surface area contributed by atoms with Crippen LogP contribution in [-0.2, 0) is 4.74 Å². The minimum atomic E-state index is -0.299. The Morgan fingerprint density at radius 2 is 2.11 bits per heavy atom. The fourth-order valence-corrected chi connectivity index (χ4v) is 3.49. The molecule has 19 heavy (non-hydrogen) atoms. The average molecular weight is 325 g/mol. The molecule has 2 fully saturated rings. The van der Waals surface area contributed by atoms with Crippen LogP contribution >= 0.6 is 15.9 Å². The van der Waals surface area contributed by atoms with Gasteiger partial charge in [-0.3, -0.25) is 4.90 Å². The molecule has 1 aromatic rings. The van der Waals surface area contributed by atoms with Gasteiger partial charge in [-0.25, -0.2) is 4.79 Å². The van der Waals surface area contributed by atoms with Crippen LogP contribution in [0.25, 0.3) is 0 Å². The van der Waals surface area contributed by atoms with Gasteiger partial charge in [-0.2, -0.15) is 0 Å². The summed E-state index contributed by atoms with van der Waals surface area (Å²) in [5.74, 6) is 0. The summed E-state index contributed by atoms with van der Waals surface area (Å²) in [6.07, 6.45) is 1.55. The number of halogens is 1. The molecule has 1 aromatic carbocycles. The Bertz CT molecular complexity index is 512. The summed E-state index contributed by atoms with van der Waals surface area (Å²) >= 11 is 3.54. The van der Waals surface area contributed by atoms with Gasteiger partial charge in [0.2, 0.25) is 0 Å². The van der Waals surface area contributed by atoms with Crippen molar-refractivity contribution in [3.05, 3.63) is 28.2 Å². The molecule has 4 nitrogen and oxygen atoms in total. The van der Waals surface area contributed by atoms with Crippen LogP contribution in [-0.4, -0.2) is 31.3 Å². The molecule has 102 valence electrons. The Hall–Kier alpha value is -1.07. The smallest absolute Gasteiger partial charge is 0.415 e. The normalized spacial score (nSPS) is 21.8. The van der Waals surface area contributed by atoms with E-state index in [1.54, 1.807) is 4.90 Å². The van der Waals surface area contributed by atoms with E-state index >= 15 is 0 Å². The molecule has 0 unspecified atom stereocenters. The zero-order valence-electron chi connectivity index (χ0n) is 10.9. The van der Waals surface area contributed by atoms with Crippen LogP contribution in [0, 0.1) is 6.92 Å². The van der Waals surface area contributed by atoms with Gasteiger partial charge in [0.15, 0.2) is 0 Å². The maximum atomic E-state index is 12.1. The number of anilines is 1. The summed E-state index contributed by atoms with van der Waals surface area (Å²) in [6.45, 7) is 4.51. The first-order valence-electron chi connectivity index (χ1n) is 6.57. The summed E-state index contributed by atoms with van der Waals surface area (Å²) in [4.78, 5) is 13.9. The molecule has 1 spiro atoms.